The van der Waals surface area contributed by atoms with E-state index in [1.807, 2.05) is 12.3 Å². The number of phosphoric ester groups is 1. The Morgan fingerprint density at radius 2 is 2.25 bits per heavy atom. The molecular weight excluding hydrogens is 279 g/mol. The fourth-order valence-electron chi connectivity index (χ4n) is 2.05. The molecule has 1 heterocycles. The van der Waals surface area contributed by atoms with Crippen molar-refractivity contribution in [3.63, 3.8) is 0 Å². The van der Waals surface area contributed by atoms with Crippen molar-refractivity contribution in [2.45, 2.75) is 6.42 Å². The number of hydrogen-bond donors (Lipinski definition) is 4. The van der Waals surface area contributed by atoms with Gasteiger partial charge >= 0.3 is 7.82 Å². The molecule has 6 nitrogen and oxygen atoms in total. The lowest BCUT2D eigenvalue weighted by Gasteiger charge is -2.09. The van der Waals surface area contributed by atoms with Gasteiger partial charge in [0, 0.05) is 23.6 Å². The minimum absolute atomic E-state index is 0.191. The number of fused-ring (bicyclic) bond motifs is 1. The Balaban J connectivity index is 2.26. The number of H-pyrrole nitrogens is 1. The third-order valence-electron chi connectivity index (χ3n) is 2.83. The summed E-state index contributed by atoms with van der Waals surface area (Å²) < 4.78 is 15.8. The molecule has 0 amide bonds. The molecule has 0 saturated carbocycles. The van der Waals surface area contributed by atoms with Crippen molar-refractivity contribution in [1.82, 2.24) is 10.3 Å². The van der Waals surface area contributed by atoms with Gasteiger partial charge in [0.25, 0.3) is 0 Å². The number of aromatic amines is 1. The van der Waals surface area contributed by atoms with Gasteiger partial charge in [0.15, 0.2) is 0 Å². The van der Waals surface area contributed by atoms with Crippen molar-refractivity contribution in [3.8, 4) is 5.75 Å². The number of nitrogens with one attached hydrogen (secondary N) is 2. The SMILES string of the molecule is C=CCNCCc1c[nH]c2cccc(OP(=O)(O)O)c12. The molecule has 0 radical (unpaired) electrons. The highest BCUT2D eigenvalue weighted by Gasteiger charge is 2.19. The van der Waals surface area contributed by atoms with E-state index in [2.05, 4.69) is 16.9 Å². The maximum atomic E-state index is 11.0. The van der Waals surface area contributed by atoms with E-state index in [9.17, 15) is 4.57 Å². The molecule has 1 aromatic carbocycles. The molecule has 0 aliphatic carbocycles. The van der Waals surface area contributed by atoms with Gasteiger partial charge in [0.1, 0.15) is 5.75 Å². The summed E-state index contributed by atoms with van der Waals surface area (Å²) >= 11 is 0. The van der Waals surface area contributed by atoms with E-state index in [4.69, 9.17) is 14.3 Å². The molecule has 0 aliphatic heterocycles. The molecule has 0 bridgehead atoms. The average Bonchev–Trinajstić information content (AvgIpc) is 2.77. The van der Waals surface area contributed by atoms with E-state index in [0.717, 1.165) is 24.0 Å². The highest BCUT2D eigenvalue weighted by Crippen LogP contribution is 2.41. The molecule has 7 heteroatoms. The van der Waals surface area contributed by atoms with Gasteiger partial charge < -0.3 is 14.8 Å². The summed E-state index contributed by atoms with van der Waals surface area (Å²) in [7, 11) is -4.57. The first-order chi connectivity index (χ1) is 9.51. The standard InChI is InChI=1S/C13H17N2O4P/c1-2-7-14-8-6-10-9-15-11-4-3-5-12(13(10)11)19-20(16,17)18/h2-5,9,14-15H,1,6-8H2,(H2,16,17,18). The summed E-state index contributed by atoms with van der Waals surface area (Å²) in [6, 6.07) is 5.07. The maximum absolute atomic E-state index is 11.0. The molecule has 4 N–H and O–H groups in total. The minimum atomic E-state index is -4.57. The zero-order valence-electron chi connectivity index (χ0n) is 10.9. The third kappa shape index (κ3) is 3.71. The van der Waals surface area contributed by atoms with Crippen LogP contribution in [-0.2, 0) is 11.0 Å². The zero-order chi connectivity index (χ0) is 14.6. The first-order valence-corrected chi connectivity index (χ1v) is 7.70. The second-order valence-electron chi connectivity index (χ2n) is 4.32. The van der Waals surface area contributed by atoms with Crippen molar-refractivity contribution in [3.05, 3.63) is 42.6 Å². The van der Waals surface area contributed by atoms with Crippen LogP contribution < -0.4 is 9.84 Å². The summed E-state index contributed by atoms with van der Waals surface area (Å²) in [4.78, 5) is 21.0. The summed E-state index contributed by atoms with van der Waals surface area (Å²) in [6.07, 6.45) is 4.32. The summed E-state index contributed by atoms with van der Waals surface area (Å²) in [5, 5.41) is 3.88. The van der Waals surface area contributed by atoms with Gasteiger partial charge in [-0.05, 0) is 30.7 Å². The zero-order valence-corrected chi connectivity index (χ0v) is 11.8. The second-order valence-corrected chi connectivity index (χ2v) is 5.48. The normalized spacial score (nSPS) is 11.7. The third-order valence-corrected chi connectivity index (χ3v) is 3.26. The molecule has 0 fully saturated rings. The second kappa shape index (κ2) is 6.24. The molecule has 0 unspecified atom stereocenters. The van der Waals surface area contributed by atoms with Crippen molar-refractivity contribution in [2.75, 3.05) is 13.1 Å². The lowest BCUT2D eigenvalue weighted by molar-refractivity contribution is 0.284. The Hall–Kier alpha value is -1.59. The molecule has 20 heavy (non-hydrogen) atoms. The summed E-state index contributed by atoms with van der Waals surface area (Å²) in [6.45, 7) is 5.08. The van der Waals surface area contributed by atoms with E-state index in [0.29, 0.717) is 11.9 Å². The number of aromatic nitrogens is 1. The number of phosphoric acid groups is 1. The van der Waals surface area contributed by atoms with Gasteiger partial charge in [-0.3, -0.25) is 9.79 Å². The fourth-order valence-corrected chi connectivity index (χ4v) is 2.46. The fraction of sp³-hybridized carbons (Fsp3) is 0.231. The predicted octanol–water partition coefficient (Wildman–Crippen LogP) is 1.96. The lowest BCUT2D eigenvalue weighted by atomic mass is 10.1. The van der Waals surface area contributed by atoms with Crippen LogP contribution in [0.3, 0.4) is 0 Å². The van der Waals surface area contributed by atoms with Crippen LogP contribution >= 0.6 is 7.82 Å². The molecule has 0 atom stereocenters. The van der Waals surface area contributed by atoms with Gasteiger partial charge in [-0.1, -0.05) is 12.1 Å². The topological polar surface area (TPSA) is 94.6 Å². The van der Waals surface area contributed by atoms with Gasteiger partial charge in [-0.2, -0.15) is 0 Å². The highest BCUT2D eigenvalue weighted by atomic mass is 31.2. The molecule has 0 spiro atoms. The van der Waals surface area contributed by atoms with Gasteiger partial charge in [0.05, 0.1) is 0 Å². The smallest absolute Gasteiger partial charge is 0.404 e. The predicted molar refractivity (Wildman–Crippen MR) is 77.7 cm³/mol. The van der Waals surface area contributed by atoms with Crippen LogP contribution in [0.4, 0.5) is 0 Å². The van der Waals surface area contributed by atoms with E-state index in [1.54, 1.807) is 18.2 Å². The van der Waals surface area contributed by atoms with E-state index < -0.39 is 7.82 Å². The molecular formula is C13H17N2O4P. The molecule has 108 valence electrons. The van der Waals surface area contributed by atoms with E-state index in [-0.39, 0.29) is 5.75 Å². The summed E-state index contributed by atoms with van der Waals surface area (Å²) in [5.74, 6) is 0.191. The quantitative estimate of drug-likeness (QED) is 0.356. The molecule has 0 aliphatic rings. The Bertz CT molecular complexity index is 647. The average molecular weight is 296 g/mol. The first kappa shape index (κ1) is 14.8. The highest BCUT2D eigenvalue weighted by molar-refractivity contribution is 7.46. The van der Waals surface area contributed by atoms with Gasteiger partial charge in [-0.15, -0.1) is 6.58 Å². The largest absolute Gasteiger partial charge is 0.524 e. The molecule has 1 aromatic heterocycles. The van der Waals surface area contributed by atoms with Crippen LogP contribution in [0, 0.1) is 0 Å². The van der Waals surface area contributed by atoms with Gasteiger partial charge in [0.2, 0.25) is 0 Å². The Morgan fingerprint density at radius 1 is 1.45 bits per heavy atom. The number of benzene rings is 1. The van der Waals surface area contributed by atoms with E-state index in [1.165, 1.54) is 0 Å². The monoisotopic (exact) mass is 296 g/mol. The molecule has 2 rings (SSSR count). The number of hydrogen-bond acceptors (Lipinski definition) is 3. The Morgan fingerprint density at radius 3 is 2.95 bits per heavy atom. The Kier molecular flexibility index (Phi) is 4.62. The van der Waals surface area contributed by atoms with Crippen LogP contribution in [0.1, 0.15) is 5.56 Å². The number of rotatable bonds is 7. The van der Waals surface area contributed by atoms with Crippen LogP contribution in [0.5, 0.6) is 5.75 Å². The van der Waals surface area contributed by atoms with Crippen molar-refractivity contribution < 1.29 is 18.9 Å². The van der Waals surface area contributed by atoms with Gasteiger partial charge in [-0.25, -0.2) is 4.57 Å². The molecule has 0 saturated heterocycles. The Labute approximate surface area is 116 Å². The van der Waals surface area contributed by atoms with Crippen molar-refractivity contribution in [1.29, 1.82) is 0 Å². The van der Waals surface area contributed by atoms with Crippen LogP contribution in [0.15, 0.2) is 37.1 Å². The van der Waals surface area contributed by atoms with Crippen molar-refractivity contribution >= 4 is 18.7 Å². The van der Waals surface area contributed by atoms with Crippen LogP contribution in [-0.4, -0.2) is 27.9 Å². The van der Waals surface area contributed by atoms with Crippen molar-refractivity contribution in [2.24, 2.45) is 0 Å². The molecule has 2 aromatic rings. The maximum Gasteiger partial charge on any atom is 0.524 e. The first-order valence-electron chi connectivity index (χ1n) is 6.17. The minimum Gasteiger partial charge on any atom is -0.404 e. The van der Waals surface area contributed by atoms with Crippen LogP contribution in [0.2, 0.25) is 0 Å². The van der Waals surface area contributed by atoms with E-state index >= 15 is 0 Å². The lowest BCUT2D eigenvalue weighted by Crippen LogP contribution is -2.16. The summed E-state index contributed by atoms with van der Waals surface area (Å²) in [5.41, 5.74) is 1.73. The van der Waals surface area contributed by atoms with Crippen LogP contribution in [0.25, 0.3) is 10.9 Å².